The zero-order valence-corrected chi connectivity index (χ0v) is 35.8. The highest BCUT2D eigenvalue weighted by molar-refractivity contribution is 6.15. The summed E-state index contributed by atoms with van der Waals surface area (Å²) in [7, 11) is 0. The van der Waals surface area contributed by atoms with Gasteiger partial charge in [-0.2, -0.15) is 0 Å². The van der Waals surface area contributed by atoms with Gasteiger partial charge < -0.3 is 14.1 Å². The number of furan rings is 1. The summed E-state index contributed by atoms with van der Waals surface area (Å²) in [5.74, 6) is 1.76. The summed E-state index contributed by atoms with van der Waals surface area (Å²) < 4.78 is 13.2. The van der Waals surface area contributed by atoms with Gasteiger partial charge in [-0.1, -0.05) is 170 Å². The van der Waals surface area contributed by atoms with Crippen LogP contribution in [0.5, 0.6) is 11.5 Å². The summed E-state index contributed by atoms with van der Waals surface area (Å²) >= 11 is 0. The van der Waals surface area contributed by atoms with Gasteiger partial charge in [0.15, 0.2) is 0 Å². The van der Waals surface area contributed by atoms with Gasteiger partial charge in [0.2, 0.25) is 0 Å². The summed E-state index contributed by atoms with van der Waals surface area (Å²) in [6, 6.07) is 85.8. The van der Waals surface area contributed by atoms with Crippen LogP contribution < -0.4 is 9.64 Å². The van der Waals surface area contributed by atoms with Crippen LogP contribution in [-0.2, 0) is 5.41 Å². The van der Waals surface area contributed by atoms with Crippen LogP contribution in [0.3, 0.4) is 0 Å². The summed E-state index contributed by atoms with van der Waals surface area (Å²) in [6.45, 7) is 0. The van der Waals surface area contributed by atoms with Crippen molar-refractivity contribution in [2.45, 2.75) is 5.41 Å². The molecule has 12 aromatic rings. The van der Waals surface area contributed by atoms with Crippen molar-refractivity contribution in [3.63, 3.8) is 0 Å². The first-order chi connectivity index (χ1) is 32.7. The fraction of sp³-hybridized carbons (Fsp3) is 0.0159. The van der Waals surface area contributed by atoms with Crippen LogP contribution in [0.1, 0.15) is 22.3 Å². The Morgan fingerprint density at radius 1 is 0.348 bits per heavy atom. The van der Waals surface area contributed by atoms with Gasteiger partial charge in [-0.3, -0.25) is 0 Å². The van der Waals surface area contributed by atoms with Gasteiger partial charge in [-0.25, -0.2) is 0 Å². The van der Waals surface area contributed by atoms with E-state index in [9.17, 15) is 0 Å². The number of anilines is 3. The highest BCUT2D eigenvalue weighted by Crippen LogP contribution is 2.64. The molecule has 1 spiro atoms. The second-order valence-corrected chi connectivity index (χ2v) is 17.5. The lowest BCUT2D eigenvalue weighted by atomic mass is 9.66. The number of benzene rings is 11. The van der Waals surface area contributed by atoms with E-state index >= 15 is 0 Å². The van der Waals surface area contributed by atoms with Crippen LogP contribution in [-0.4, -0.2) is 0 Å². The molecular formula is C63H39NO2. The standard InChI is InChI=1S/C63H39NO2/c1-2-14-41(15-3-1)47-19-12-16-42-28-29-43(39-52(42)47)40-30-33-45(34-31-40)64(46-35-37-48-44(38-46)32-36-50-49-17-5-9-25-58(49)66-62(48)50)57-24-13-23-56-61(57)51-18-4-6-20-53(51)63(56)54-21-7-10-26-59(54)65-60-27-11-8-22-55(60)63/h1-39H. The van der Waals surface area contributed by atoms with Crippen LogP contribution in [0.2, 0.25) is 0 Å². The van der Waals surface area contributed by atoms with Gasteiger partial charge in [0, 0.05) is 44.2 Å². The number of rotatable bonds is 5. The van der Waals surface area contributed by atoms with E-state index in [1.54, 1.807) is 0 Å². The first kappa shape index (κ1) is 36.8. The summed E-state index contributed by atoms with van der Waals surface area (Å²) in [5, 5.41) is 6.93. The second-order valence-electron chi connectivity index (χ2n) is 17.5. The molecule has 14 rings (SSSR count). The van der Waals surface area contributed by atoms with E-state index in [1.165, 1.54) is 49.7 Å². The van der Waals surface area contributed by atoms with Crippen LogP contribution >= 0.6 is 0 Å². The maximum absolute atomic E-state index is 6.68. The van der Waals surface area contributed by atoms with E-state index in [2.05, 4.69) is 235 Å². The Morgan fingerprint density at radius 2 is 0.985 bits per heavy atom. The van der Waals surface area contributed by atoms with Crippen molar-refractivity contribution in [2.24, 2.45) is 0 Å². The largest absolute Gasteiger partial charge is 0.457 e. The number of fused-ring (bicyclic) bond motifs is 15. The van der Waals surface area contributed by atoms with Crippen LogP contribution in [0.25, 0.3) is 76.9 Å². The lowest BCUT2D eigenvalue weighted by Gasteiger charge is -2.39. The fourth-order valence-electron chi connectivity index (χ4n) is 11.3. The predicted molar refractivity (Wildman–Crippen MR) is 272 cm³/mol. The van der Waals surface area contributed by atoms with Crippen molar-refractivity contribution in [3.8, 4) is 44.9 Å². The van der Waals surface area contributed by atoms with E-state index in [0.29, 0.717) is 0 Å². The van der Waals surface area contributed by atoms with Gasteiger partial charge in [0.05, 0.1) is 11.1 Å². The van der Waals surface area contributed by atoms with E-state index < -0.39 is 5.41 Å². The maximum atomic E-state index is 6.68. The number of ether oxygens (including phenoxy) is 1. The average Bonchev–Trinajstić information content (AvgIpc) is 3.91. The Bertz CT molecular complexity index is 3870. The quantitative estimate of drug-likeness (QED) is 0.173. The number of para-hydroxylation sites is 3. The van der Waals surface area contributed by atoms with Crippen molar-refractivity contribution in [1.82, 2.24) is 0 Å². The SMILES string of the molecule is c1ccc(-c2cccc3ccc(-c4ccc(N(c5ccc6c(ccc7c8ccccc8oc67)c5)c5cccc6c5-c5ccccc5C65c6ccccc6Oc6ccccc65)cc4)cc23)cc1. The van der Waals surface area contributed by atoms with Gasteiger partial charge in [0.1, 0.15) is 22.7 Å². The minimum absolute atomic E-state index is 0.589. The zero-order chi connectivity index (χ0) is 43.3. The van der Waals surface area contributed by atoms with Crippen LogP contribution in [0.15, 0.2) is 241 Å². The second kappa shape index (κ2) is 14.2. The Kier molecular flexibility index (Phi) is 7.90. The van der Waals surface area contributed by atoms with Crippen molar-refractivity contribution in [3.05, 3.63) is 259 Å². The predicted octanol–water partition coefficient (Wildman–Crippen LogP) is 17.2. The molecule has 1 aliphatic heterocycles. The van der Waals surface area contributed by atoms with Crippen molar-refractivity contribution < 1.29 is 9.15 Å². The van der Waals surface area contributed by atoms with E-state index in [0.717, 1.165) is 78.0 Å². The van der Waals surface area contributed by atoms with E-state index in [4.69, 9.17) is 9.15 Å². The Labute approximate surface area is 382 Å². The molecule has 0 fully saturated rings. The third-order valence-electron chi connectivity index (χ3n) is 14.1. The van der Waals surface area contributed by atoms with E-state index in [-0.39, 0.29) is 0 Å². The molecule has 1 aromatic heterocycles. The van der Waals surface area contributed by atoms with E-state index in [1.807, 2.05) is 6.07 Å². The summed E-state index contributed by atoms with van der Waals surface area (Å²) in [5.41, 5.74) is 16.4. The molecule has 0 radical (unpaired) electrons. The third-order valence-corrected chi connectivity index (χ3v) is 14.1. The molecular weight excluding hydrogens is 803 g/mol. The van der Waals surface area contributed by atoms with Crippen molar-refractivity contribution in [1.29, 1.82) is 0 Å². The van der Waals surface area contributed by atoms with Crippen molar-refractivity contribution >= 4 is 60.5 Å². The topological polar surface area (TPSA) is 25.6 Å². The van der Waals surface area contributed by atoms with Gasteiger partial charge in [0.25, 0.3) is 0 Å². The zero-order valence-electron chi connectivity index (χ0n) is 35.8. The molecule has 11 aromatic carbocycles. The molecule has 2 aliphatic rings. The minimum Gasteiger partial charge on any atom is -0.457 e. The average molecular weight is 842 g/mol. The molecule has 308 valence electrons. The maximum Gasteiger partial charge on any atom is 0.143 e. The number of hydrogen-bond acceptors (Lipinski definition) is 3. The molecule has 66 heavy (non-hydrogen) atoms. The smallest absolute Gasteiger partial charge is 0.143 e. The minimum atomic E-state index is -0.589. The van der Waals surface area contributed by atoms with Crippen LogP contribution in [0, 0.1) is 0 Å². The lowest BCUT2D eigenvalue weighted by Crippen LogP contribution is -2.32. The first-order valence-electron chi connectivity index (χ1n) is 22.7. The molecule has 0 unspecified atom stereocenters. The lowest BCUT2D eigenvalue weighted by molar-refractivity contribution is 0.436. The molecule has 0 N–H and O–H groups in total. The molecule has 3 heteroatoms. The van der Waals surface area contributed by atoms with Gasteiger partial charge >= 0.3 is 0 Å². The summed E-state index contributed by atoms with van der Waals surface area (Å²) in [6.07, 6.45) is 0. The monoisotopic (exact) mass is 841 g/mol. The van der Waals surface area contributed by atoms with Crippen molar-refractivity contribution in [2.75, 3.05) is 4.90 Å². The molecule has 1 aliphatic carbocycles. The Balaban J connectivity index is 0.987. The Hall–Kier alpha value is -8.66. The normalized spacial score (nSPS) is 13.1. The highest BCUT2D eigenvalue weighted by atomic mass is 16.5. The number of hydrogen-bond donors (Lipinski definition) is 0. The molecule has 0 saturated carbocycles. The molecule has 0 amide bonds. The molecule has 2 heterocycles. The number of nitrogens with zero attached hydrogens (tertiary/aromatic N) is 1. The summed E-state index contributed by atoms with van der Waals surface area (Å²) in [4.78, 5) is 2.45. The highest BCUT2D eigenvalue weighted by Gasteiger charge is 2.51. The molecule has 3 nitrogen and oxygen atoms in total. The fourth-order valence-corrected chi connectivity index (χ4v) is 11.3. The molecule has 0 atom stereocenters. The molecule has 0 bridgehead atoms. The van der Waals surface area contributed by atoms with Gasteiger partial charge in [-0.15, -0.1) is 0 Å². The Morgan fingerprint density at radius 3 is 1.82 bits per heavy atom. The first-order valence-corrected chi connectivity index (χ1v) is 22.7. The van der Waals surface area contributed by atoms with Crippen LogP contribution in [0.4, 0.5) is 17.1 Å². The molecule has 0 saturated heterocycles. The third kappa shape index (κ3) is 5.26. The van der Waals surface area contributed by atoms with Gasteiger partial charge in [-0.05, 0) is 122 Å².